The van der Waals surface area contributed by atoms with E-state index in [4.69, 9.17) is 0 Å². The van der Waals surface area contributed by atoms with Crippen molar-refractivity contribution in [3.63, 3.8) is 0 Å². The van der Waals surface area contributed by atoms with Gasteiger partial charge in [-0.25, -0.2) is 0 Å². The number of carbonyl (C=O) groups is 1. The first-order valence-electron chi connectivity index (χ1n) is 7.66. The fourth-order valence-corrected chi connectivity index (χ4v) is 4.73. The summed E-state index contributed by atoms with van der Waals surface area (Å²) >= 11 is 2.01. The van der Waals surface area contributed by atoms with E-state index in [-0.39, 0.29) is 0 Å². The fourth-order valence-electron chi connectivity index (χ4n) is 3.04. The van der Waals surface area contributed by atoms with Crippen LogP contribution in [0.25, 0.3) is 0 Å². The lowest BCUT2D eigenvalue weighted by molar-refractivity contribution is -0.144. The molecule has 4 heteroatoms. The van der Waals surface area contributed by atoms with E-state index in [1.165, 1.54) is 32.1 Å². The Morgan fingerprint density at radius 2 is 1.95 bits per heavy atom. The summed E-state index contributed by atoms with van der Waals surface area (Å²) < 4.78 is 0. The largest absolute Gasteiger partial charge is 0.480 e. The number of hydrogen-bond donors (Lipinski definition) is 2. The van der Waals surface area contributed by atoms with E-state index in [9.17, 15) is 9.90 Å². The van der Waals surface area contributed by atoms with Crippen molar-refractivity contribution in [2.45, 2.75) is 87.3 Å². The van der Waals surface area contributed by atoms with Gasteiger partial charge in [-0.2, -0.15) is 11.8 Å². The zero-order chi connectivity index (χ0) is 13.9. The van der Waals surface area contributed by atoms with Crippen LogP contribution >= 0.6 is 11.8 Å². The summed E-state index contributed by atoms with van der Waals surface area (Å²) in [5.41, 5.74) is -0.748. The van der Waals surface area contributed by atoms with Crippen LogP contribution in [0.4, 0.5) is 0 Å². The summed E-state index contributed by atoms with van der Waals surface area (Å²) in [4.78, 5) is 11.5. The highest BCUT2D eigenvalue weighted by Crippen LogP contribution is 2.34. The zero-order valence-electron chi connectivity index (χ0n) is 12.2. The number of thioether (sulfide) groups is 1. The lowest BCUT2D eigenvalue weighted by atomic mass is 9.96. The quantitative estimate of drug-likeness (QED) is 0.752. The first kappa shape index (κ1) is 15.2. The topological polar surface area (TPSA) is 49.3 Å². The molecule has 2 rings (SSSR count). The minimum Gasteiger partial charge on any atom is -0.480 e. The average Bonchev–Trinajstić information content (AvgIpc) is 3.13. The number of carboxylic acid groups (broad SMARTS) is 1. The second kappa shape index (κ2) is 6.49. The highest BCUT2D eigenvalue weighted by Gasteiger charge is 2.39. The molecule has 110 valence electrons. The Balaban J connectivity index is 1.83. The van der Waals surface area contributed by atoms with E-state index >= 15 is 0 Å². The summed E-state index contributed by atoms with van der Waals surface area (Å²) in [5.74, 6) is -0.699. The lowest BCUT2D eigenvalue weighted by Gasteiger charge is -2.31. The molecule has 0 aliphatic heterocycles. The van der Waals surface area contributed by atoms with Gasteiger partial charge in [0.05, 0.1) is 0 Å². The number of carboxylic acids is 1. The van der Waals surface area contributed by atoms with E-state index in [0.29, 0.717) is 11.3 Å². The Labute approximate surface area is 120 Å². The Hall–Kier alpha value is -0.220. The molecule has 0 radical (unpaired) electrons. The molecule has 19 heavy (non-hydrogen) atoms. The predicted octanol–water partition coefficient (Wildman–Crippen LogP) is 3.43. The molecule has 0 amide bonds. The van der Waals surface area contributed by atoms with Crippen LogP contribution in [0.15, 0.2) is 0 Å². The molecule has 2 atom stereocenters. The molecule has 0 heterocycles. The van der Waals surface area contributed by atoms with E-state index < -0.39 is 11.5 Å². The van der Waals surface area contributed by atoms with Crippen LogP contribution in [-0.2, 0) is 4.79 Å². The molecule has 0 aromatic carbocycles. The zero-order valence-corrected chi connectivity index (χ0v) is 13.0. The van der Waals surface area contributed by atoms with Crippen molar-refractivity contribution < 1.29 is 9.90 Å². The van der Waals surface area contributed by atoms with Crippen molar-refractivity contribution in [3.8, 4) is 0 Å². The van der Waals surface area contributed by atoms with Gasteiger partial charge in [0, 0.05) is 16.5 Å². The SMILES string of the molecule is CC(CC(C)(NC1CC1)C(=O)O)SC1CCCCC1. The highest BCUT2D eigenvalue weighted by atomic mass is 32.2. The lowest BCUT2D eigenvalue weighted by Crippen LogP contribution is -2.52. The summed E-state index contributed by atoms with van der Waals surface area (Å²) in [5, 5.41) is 14.0. The van der Waals surface area contributed by atoms with Crippen LogP contribution in [0.5, 0.6) is 0 Å². The second-order valence-electron chi connectivity index (χ2n) is 6.47. The number of hydrogen-bond acceptors (Lipinski definition) is 3. The molecular weight excluding hydrogens is 258 g/mol. The van der Waals surface area contributed by atoms with Crippen LogP contribution in [0, 0.1) is 0 Å². The smallest absolute Gasteiger partial charge is 0.323 e. The summed E-state index contributed by atoms with van der Waals surface area (Å²) in [7, 11) is 0. The van der Waals surface area contributed by atoms with E-state index in [2.05, 4.69) is 12.2 Å². The van der Waals surface area contributed by atoms with Crippen LogP contribution in [-0.4, -0.2) is 33.2 Å². The van der Waals surface area contributed by atoms with Gasteiger partial charge in [0.25, 0.3) is 0 Å². The maximum Gasteiger partial charge on any atom is 0.323 e. The third-order valence-corrected chi connectivity index (χ3v) is 5.73. The normalized spacial score (nSPS) is 25.8. The molecule has 3 nitrogen and oxygen atoms in total. The van der Waals surface area contributed by atoms with Crippen LogP contribution in [0.1, 0.15) is 65.2 Å². The minimum atomic E-state index is -0.748. The molecule has 0 spiro atoms. The van der Waals surface area contributed by atoms with Gasteiger partial charge in [-0.05, 0) is 39.0 Å². The Bertz CT molecular complexity index is 313. The molecule has 2 saturated carbocycles. The first-order valence-corrected chi connectivity index (χ1v) is 8.60. The Morgan fingerprint density at radius 1 is 1.32 bits per heavy atom. The van der Waals surface area contributed by atoms with E-state index in [0.717, 1.165) is 24.5 Å². The standard InChI is InChI=1S/C15H27NO2S/c1-11(19-13-6-4-3-5-7-13)10-15(2,14(17)18)16-12-8-9-12/h11-13,16H,3-10H2,1-2H3,(H,17,18). The van der Waals surface area contributed by atoms with E-state index in [1.807, 2.05) is 18.7 Å². The minimum absolute atomic E-state index is 0.412. The maximum absolute atomic E-state index is 11.5. The molecule has 2 fully saturated rings. The summed E-state index contributed by atoms with van der Waals surface area (Å²) in [6, 6.07) is 0.438. The van der Waals surface area contributed by atoms with Crippen molar-refractivity contribution >= 4 is 17.7 Å². The summed E-state index contributed by atoms with van der Waals surface area (Å²) in [6.45, 7) is 4.04. The molecule has 0 aromatic rings. The van der Waals surface area contributed by atoms with Gasteiger partial charge in [-0.15, -0.1) is 0 Å². The van der Waals surface area contributed by atoms with Gasteiger partial charge < -0.3 is 5.11 Å². The third-order valence-electron chi connectivity index (χ3n) is 4.24. The van der Waals surface area contributed by atoms with Gasteiger partial charge in [-0.1, -0.05) is 26.2 Å². The molecule has 0 bridgehead atoms. The van der Waals surface area contributed by atoms with Crippen molar-refractivity contribution in [1.82, 2.24) is 5.32 Å². The third kappa shape index (κ3) is 4.67. The van der Waals surface area contributed by atoms with Gasteiger partial charge >= 0.3 is 5.97 Å². The van der Waals surface area contributed by atoms with Gasteiger partial charge in [0.15, 0.2) is 0 Å². The van der Waals surface area contributed by atoms with Crippen molar-refractivity contribution in [2.75, 3.05) is 0 Å². The molecule has 0 aromatic heterocycles. The van der Waals surface area contributed by atoms with Crippen LogP contribution in [0.3, 0.4) is 0 Å². The molecule has 2 N–H and O–H groups in total. The number of nitrogens with one attached hydrogen (secondary N) is 1. The Morgan fingerprint density at radius 3 is 2.47 bits per heavy atom. The first-order chi connectivity index (χ1) is 8.99. The molecule has 0 saturated heterocycles. The van der Waals surface area contributed by atoms with Crippen molar-refractivity contribution in [3.05, 3.63) is 0 Å². The number of rotatable bonds is 7. The van der Waals surface area contributed by atoms with Crippen molar-refractivity contribution in [2.24, 2.45) is 0 Å². The fraction of sp³-hybridized carbons (Fsp3) is 0.933. The average molecular weight is 285 g/mol. The summed E-state index contributed by atoms with van der Waals surface area (Å²) in [6.07, 6.45) is 9.69. The van der Waals surface area contributed by atoms with Gasteiger partial charge in [-0.3, -0.25) is 10.1 Å². The Kier molecular flexibility index (Phi) is 5.18. The number of aliphatic carboxylic acids is 1. The molecule has 2 aliphatic rings. The van der Waals surface area contributed by atoms with Crippen LogP contribution in [0.2, 0.25) is 0 Å². The van der Waals surface area contributed by atoms with Gasteiger partial charge in [0.1, 0.15) is 5.54 Å². The predicted molar refractivity (Wildman–Crippen MR) is 80.7 cm³/mol. The van der Waals surface area contributed by atoms with Gasteiger partial charge in [0.2, 0.25) is 0 Å². The second-order valence-corrected chi connectivity index (χ2v) is 8.21. The van der Waals surface area contributed by atoms with Crippen molar-refractivity contribution in [1.29, 1.82) is 0 Å². The van der Waals surface area contributed by atoms with Crippen LogP contribution < -0.4 is 5.32 Å². The van der Waals surface area contributed by atoms with E-state index in [1.54, 1.807) is 0 Å². The highest BCUT2D eigenvalue weighted by molar-refractivity contribution is 8.00. The molecule has 2 aliphatic carbocycles. The maximum atomic E-state index is 11.5. The molecular formula is C15H27NO2S. The molecule has 2 unspecified atom stereocenters. The monoisotopic (exact) mass is 285 g/mol.